The van der Waals surface area contributed by atoms with Crippen LogP contribution < -0.4 is 0 Å². The SMILES string of the molecule is CCOC(=O)N1CCN(C(=O)c2cc3oc(C)cc3n2Cc2cccc(C)c2)CC1. The molecule has 0 radical (unpaired) electrons. The first kappa shape index (κ1) is 20.1. The van der Waals surface area contributed by atoms with E-state index in [4.69, 9.17) is 9.15 Å². The summed E-state index contributed by atoms with van der Waals surface area (Å²) in [7, 11) is 0. The number of amides is 2. The molecule has 1 fully saturated rings. The standard InChI is InChI=1S/C23H27N3O4/c1-4-29-23(28)25-10-8-24(9-11-25)22(27)20-14-21-19(13-17(3)30-21)26(20)15-18-7-5-6-16(2)12-18/h5-7,12-14H,4,8-11,15H2,1-3H3. The van der Waals surface area contributed by atoms with Gasteiger partial charge in [-0.05, 0) is 26.3 Å². The topological polar surface area (TPSA) is 67.9 Å². The number of carbonyl (C=O) groups excluding carboxylic acids is 2. The van der Waals surface area contributed by atoms with Crippen molar-refractivity contribution < 1.29 is 18.7 Å². The Morgan fingerprint density at radius 3 is 2.47 bits per heavy atom. The van der Waals surface area contributed by atoms with Gasteiger partial charge in [0.15, 0.2) is 5.58 Å². The minimum atomic E-state index is -0.319. The van der Waals surface area contributed by atoms with E-state index in [1.165, 1.54) is 5.56 Å². The van der Waals surface area contributed by atoms with Gasteiger partial charge in [0.05, 0.1) is 12.1 Å². The van der Waals surface area contributed by atoms with Gasteiger partial charge >= 0.3 is 6.09 Å². The highest BCUT2D eigenvalue weighted by atomic mass is 16.6. The number of benzene rings is 1. The van der Waals surface area contributed by atoms with Crippen molar-refractivity contribution >= 4 is 23.1 Å². The lowest BCUT2D eigenvalue weighted by Gasteiger charge is -2.34. The Morgan fingerprint density at radius 2 is 1.77 bits per heavy atom. The zero-order valence-electron chi connectivity index (χ0n) is 17.7. The van der Waals surface area contributed by atoms with Crippen LogP contribution in [0.4, 0.5) is 4.79 Å². The number of hydrogen-bond donors (Lipinski definition) is 0. The van der Waals surface area contributed by atoms with Crippen LogP contribution in [0.2, 0.25) is 0 Å². The van der Waals surface area contributed by atoms with E-state index in [-0.39, 0.29) is 12.0 Å². The van der Waals surface area contributed by atoms with Crippen molar-refractivity contribution in [2.24, 2.45) is 0 Å². The average molecular weight is 409 g/mol. The fourth-order valence-corrected chi connectivity index (χ4v) is 3.97. The van der Waals surface area contributed by atoms with Crippen LogP contribution in [0.5, 0.6) is 0 Å². The van der Waals surface area contributed by atoms with Crippen LogP contribution in [0.1, 0.15) is 34.3 Å². The van der Waals surface area contributed by atoms with E-state index < -0.39 is 0 Å². The number of furan rings is 1. The number of aryl methyl sites for hydroxylation is 2. The molecule has 0 spiro atoms. The molecule has 7 nitrogen and oxygen atoms in total. The maximum atomic E-state index is 13.4. The molecule has 4 rings (SSSR count). The van der Waals surface area contributed by atoms with Gasteiger partial charge in [0.1, 0.15) is 11.5 Å². The fourth-order valence-electron chi connectivity index (χ4n) is 3.97. The first-order chi connectivity index (χ1) is 14.5. The monoisotopic (exact) mass is 409 g/mol. The first-order valence-corrected chi connectivity index (χ1v) is 10.3. The first-order valence-electron chi connectivity index (χ1n) is 10.3. The second kappa shape index (κ2) is 8.26. The van der Waals surface area contributed by atoms with Gasteiger partial charge in [0, 0.05) is 44.9 Å². The summed E-state index contributed by atoms with van der Waals surface area (Å²) in [5.41, 5.74) is 4.56. The second-order valence-corrected chi connectivity index (χ2v) is 7.69. The normalized spacial score (nSPS) is 14.4. The van der Waals surface area contributed by atoms with Crippen molar-refractivity contribution in [2.45, 2.75) is 27.3 Å². The number of hydrogen-bond acceptors (Lipinski definition) is 4. The molecular weight excluding hydrogens is 382 g/mol. The molecule has 30 heavy (non-hydrogen) atoms. The van der Waals surface area contributed by atoms with Gasteiger partial charge in [-0.25, -0.2) is 4.79 Å². The highest BCUT2D eigenvalue weighted by Gasteiger charge is 2.28. The van der Waals surface area contributed by atoms with E-state index in [0.717, 1.165) is 16.8 Å². The molecule has 1 aliphatic rings. The van der Waals surface area contributed by atoms with Crippen LogP contribution >= 0.6 is 0 Å². The Bertz CT molecular complexity index is 1070. The molecule has 2 aromatic heterocycles. The largest absolute Gasteiger partial charge is 0.460 e. The van der Waals surface area contributed by atoms with Gasteiger partial charge < -0.3 is 23.5 Å². The zero-order valence-corrected chi connectivity index (χ0v) is 17.7. The number of ether oxygens (including phenoxy) is 1. The number of aromatic nitrogens is 1. The van der Waals surface area contributed by atoms with E-state index in [9.17, 15) is 9.59 Å². The third kappa shape index (κ3) is 3.92. The zero-order chi connectivity index (χ0) is 21.3. The lowest BCUT2D eigenvalue weighted by Crippen LogP contribution is -2.51. The Labute approximate surface area is 175 Å². The Hall–Kier alpha value is -3.22. The predicted octanol–water partition coefficient (Wildman–Crippen LogP) is 3.81. The molecule has 0 N–H and O–H groups in total. The summed E-state index contributed by atoms with van der Waals surface area (Å²) in [5.74, 6) is 0.773. The lowest BCUT2D eigenvalue weighted by atomic mass is 10.1. The highest BCUT2D eigenvalue weighted by Crippen LogP contribution is 2.26. The van der Waals surface area contributed by atoms with E-state index in [0.29, 0.717) is 50.6 Å². The van der Waals surface area contributed by atoms with Crippen LogP contribution in [-0.4, -0.2) is 59.2 Å². The van der Waals surface area contributed by atoms with E-state index >= 15 is 0 Å². The summed E-state index contributed by atoms with van der Waals surface area (Å²) < 4.78 is 12.9. The molecule has 1 aromatic carbocycles. The molecule has 7 heteroatoms. The number of piperazine rings is 1. The molecule has 0 atom stereocenters. The molecule has 0 unspecified atom stereocenters. The van der Waals surface area contributed by atoms with Crippen LogP contribution in [0, 0.1) is 13.8 Å². The van der Waals surface area contributed by atoms with Gasteiger partial charge in [0.2, 0.25) is 0 Å². The minimum absolute atomic E-state index is 0.0461. The summed E-state index contributed by atoms with van der Waals surface area (Å²) >= 11 is 0. The van der Waals surface area contributed by atoms with Gasteiger partial charge in [-0.15, -0.1) is 0 Å². The van der Waals surface area contributed by atoms with Gasteiger partial charge in [-0.1, -0.05) is 29.8 Å². The summed E-state index contributed by atoms with van der Waals surface area (Å²) in [6, 6.07) is 12.1. The van der Waals surface area contributed by atoms with E-state index in [1.54, 1.807) is 16.7 Å². The smallest absolute Gasteiger partial charge is 0.409 e. The number of rotatable bonds is 4. The molecule has 0 bridgehead atoms. The van der Waals surface area contributed by atoms with Gasteiger partial charge in [-0.3, -0.25) is 4.79 Å². The fraction of sp³-hybridized carbons (Fsp3) is 0.391. The molecule has 1 saturated heterocycles. The molecule has 0 aliphatic carbocycles. The van der Waals surface area contributed by atoms with Crippen LogP contribution in [-0.2, 0) is 11.3 Å². The third-order valence-corrected chi connectivity index (χ3v) is 5.45. The molecule has 0 saturated carbocycles. The Balaban J connectivity index is 1.58. The van der Waals surface area contributed by atoms with Crippen molar-refractivity contribution in [3.63, 3.8) is 0 Å². The summed E-state index contributed by atoms with van der Waals surface area (Å²) in [4.78, 5) is 28.7. The maximum Gasteiger partial charge on any atom is 0.409 e. The molecule has 1 aliphatic heterocycles. The summed E-state index contributed by atoms with van der Waals surface area (Å²) in [6.07, 6.45) is -0.319. The quantitative estimate of drug-likeness (QED) is 0.657. The highest BCUT2D eigenvalue weighted by molar-refractivity contribution is 5.98. The van der Waals surface area contributed by atoms with E-state index in [2.05, 4.69) is 25.1 Å². The van der Waals surface area contributed by atoms with Gasteiger partial charge in [-0.2, -0.15) is 0 Å². The van der Waals surface area contributed by atoms with Crippen LogP contribution in [0.25, 0.3) is 11.1 Å². The van der Waals surface area contributed by atoms with Crippen LogP contribution in [0.15, 0.2) is 40.8 Å². The maximum absolute atomic E-state index is 13.4. The van der Waals surface area contributed by atoms with Gasteiger partial charge in [0.25, 0.3) is 5.91 Å². The van der Waals surface area contributed by atoms with Crippen molar-refractivity contribution in [1.82, 2.24) is 14.4 Å². The average Bonchev–Trinajstić information content (AvgIpc) is 3.25. The number of nitrogens with zero attached hydrogens (tertiary/aromatic N) is 3. The molecule has 3 heterocycles. The summed E-state index contributed by atoms with van der Waals surface area (Å²) in [5, 5.41) is 0. The molecule has 158 valence electrons. The molecule has 2 amide bonds. The number of carbonyl (C=O) groups is 2. The van der Waals surface area contributed by atoms with Crippen molar-refractivity contribution in [3.8, 4) is 0 Å². The molecule has 3 aromatic rings. The third-order valence-electron chi connectivity index (χ3n) is 5.45. The minimum Gasteiger partial charge on any atom is -0.460 e. The Kier molecular flexibility index (Phi) is 5.53. The van der Waals surface area contributed by atoms with Crippen molar-refractivity contribution in [3.05, 3.63) is 59.0 Å². The Morgan fingerprint density at radius 1 is 1.03 bits per heavy atom. The van der Waals surface area contributed by atoms with Crippen LogP contribution in [0.3, 0.4) is 0 Å². The van der Waals surface area contributed by atoms with Crippen molar-refractivity contribution in [2.75, 3.05) is 32.8 Å². The summed E-state index contributed by atoms with van der Waals surface area (Å²) in [6.45, 7) is 8.60. The second-order valence-electron chi connectivity index (χ2n) is 7.69. The molecular formula is C23H27N3O4. The predicted molar refractivity (Wildman–Crippen MR) is 114 cm³/mol. The number of fused-ring (bicyclic) bond motifs is 1. The van der Waals surface area contributed by atoms with E-state index in [1.807, 2.05) is 29.7 Å². The lowest BCUT2D eigenvalue weighted by molar-refractivity contribution is 0.0563. The van der Waals surface area contributed by atoms with Crippen molar-refractivity contribution in [1.29, 1.82) is 0 Å².